The van der Waals surface area contributed by atoms with Crippen LogP contribution < -0.4 is 10.1 Å². The first-order valence-corrected chi connectivity index (χ1v) is 10.2. The third kappa shape index (κ3) is 7.28. The molecule has 7 nitrogen and oxygen atoms in total. The zero-order chi connectivity index (χ0) is 18.3. The minimum Gasteiger partial charge on any atom is -0.497 e. The van der Waals surface area contributed by atoms with Crippen molar-refractivity contribution in [2.45, 2.75) is 6.54 Å². The van der Waals surface area contributed by atoms with Gasteiger partial charge in [0.25, 0.3) is 0 Å². The molecule has 0 aliphatic carbocycles. The Morgan fingerprint density at radius 1 is 1.27 bits per heavy atom. The number of nitrogens with one attached hydrogen (secondary N) is 1. The van der Waals surface area contributed by atoms with Gasteiger partial charge in [-0.2, -0.15) is 0 Å². The van der Waals surface area contributed by atoms with Crippen molar-refractivity contribution in [1.82, 2.24) is 15.1 Å². The van der Waals surface area contributed by atoms with E-state index in [1.807, 2.05) is 31.3 Å². The number of hydrogen-bond donors (Lipinski definition) is 1. The van der Waals surface area contributed by atoms with Crippen molar-refractivity contribution in [3.05, 3.63) is 29.8 Å². The lowest BCUT2D eigenvalue weighted by atomic mass is 10.2. The van der Waals surface area contributed by atoms with E-state index in [2.05, 4.69) is 20.1 Å². The normalized spacial score (nSPS) is 17.3. The molecule has 1 heterocycles. The van der Waals surface area contributed by atoms with E-state index in [0.29, 0.717) is 13.1 Å². The SMILES string of the molecule is CN=C(NCCN1CCS(=O)(=O)CC1)N(C)Cc1ccc(OC)cc1.I. The maximum absolute atomic E-state index is 11.5. The van der Waals surface area contributed by atoms with Gasteiger partial charge < -0.3 is 15.0 Å². The van der Waals surface area contributed by atoms with Crippen LogP contribution in [0.3, 0.4) is 0 Å². The number of nitrogens with zero attached hydrogens (tertiary/aromatic N) is 3. The Bertz CT molecular complexity index is 666. The second-order valence-electron chi connectivity index (χ2n) is 6.17. The summed E-state index contributed by atoms with van der Waals surface area (Å²) in [6, 6.07) is 7.97. The van der Waals surface area contributed by atoms with Crippen LogP contribution in [-0.2, 0) is 16.4 Å². The van der Waals surface area contributed by atoms with Gasteiger partial charge in [0, 0.05) is 46.8 Å². The Kier molecular flexibility index (Phi) is 9.66. The third-order valence-electron chi connectivity index (χ3n) is 4.30. The lowest BCUT2D eigenvalue weighted by Crippen LogP contribution is -2.46. The minimum absolute atomic E-state index is 0. The third-order valence-corrected chi connectivity index (χ3v) is 5.91. The molecular weight excluding hydrogens is 467 g/mol. The molecule has 1 aromatic carbocycles. The first kappa shape index (κ1) is 23.0. The Labute approximate surface area is 173 Å². The number of benzene rings is 1. The predicted octanol–water partition coefficient (Wildman–Crippen LogP) is 1.05. The molecule has 0 bridgehead atoms. The maximum Gasteiger partial charge on any atom is 0.193 e. The number of hydrogen-bond acceptors (Lipinski definition) is 5. The maximum atomic E-state index is 11.5. The zero-order valence-electron chi connectivity index (χ0n) is 15.6. The van der Waals surface area contributed by atoms with Crippen molar-refractivity contribution >= 4 is 39.8 Å². The highest BCUT2D eigenvalue weighted by Crippen LogP contribution is 2.12. The van der Waals surface area contributed by atoms with E-state index in [0.717, 1.165) is 31.3 Å². The van der Waals surface area contributed by atoms with Gasteiger partial charge in [0.05, 0.1) is 18.6 Å². The van der Waals surface area contributed by atoms with Gasteiger partial charge in [-0.3, -0.25) is 9.89 Å². The van der Waals surface area contributed by atoms with Crippen molar-refractivity contribution in [3.63, 3.8) is 0 Å². The molecule has 1 saturated heterocycles. The van der Waals surface area contributed by atoms with Crippen molar-refractivity contribution < 1.29 is 13.2 Å². The number of ether oxygens (including phenoxy) is 1. The summed E-state index contributed by atoms with van der Waals surface area (Å²) in [6.45, 7) is 3.52. The van der Waals surface area contributed by atoms with Gasteiger partial charge in [-0.15, -0.1) is 24.0 Å². The smallest absolute Gasteiger partial charge is 0.193 e. The largest absolute Gasteiger partial charge is 0.497 e. The standard InChI is InChI=1S/C17H28N4O3S.HI/c1-18-17(19-8-9-21-10-12-25(22,23)13-11-21)20(2)14-15-4-6-16(24-3)7-5-15;/h4-7H,8-14H2,1-3H3,(H,18,19);1H. The van der Waals surface area contributed by atoms with E-state index < -0.39 is 9.84 Å². The summed E-state index contributed by atoms with van der Waals surface area (Å²) in [6.07, 6.45) is 0. The summed E-state index contributed by atoms with van der Waals surface area (Å²) in [7, 11) is 2.60. The molecule has 0 radical (unpaired) electrons. The molecule has 0 spiro atoms. The van der Waals surface area contributed by atoms with Crippen LogP contribution in [0, 0.1) is 0 Å². The Balaban J connectivity index is 0.00000338. The molecule has 9 heteroatoms. The molecule has 26 heavy (non-hydrogen) atoms. The Morgan fingerprint density at radius 3 is 2.42 bits per heavy atom. The first-order chi connectivity index (χ1) is 11.9. The van der Waals surface area contributed by atoms with Crippen LogP contribution >= 0.6 is 24.0 Å². The fraction of sp³-hybridized carbons (Fsp3) is 0.588. The highest BCUT2D eigenvalue weighted by Gasteiger charge is 2.21. The van der Waals surface area contributed by atoms with E-state index in [1.54, 1.807) is 14.2 Å². The average molecular weight is 496 g/mol. The van der Waals surface area contributed by atoms with Gasteiger partial charge >= 0.3 is 0 Å². The van der Waals surface area contributed by atoms with Gasteiger partial charge in [-0.25, -0.2) is 8.42 Å². The van der Waals surface area contributed by atoms with E-state index >= 15 is 0 Å². The molecule has 1 aliphatic heterocycles. The Morgan fingerprint density at radius 2 is 1.88 bits per heavy atom. The minimum atomic E-state index is -2.82. The van der Waals surface area contributed by atoms with Crippen LogP contribution in [0.5, 0.6) is 5.75 Å². The molecule has 0 saturated carbocycles. The first-order valence-electron chi connectivity index (χ1n) is 8.41. The number of aliphatic imine (C=N–C) groups is 1. The fourth-order valence-electron chi connectivity index (χ4n) is 2.76. The van der Waals surface area contributed by atoms with Gasteiger partial charge in [0.15, 0.2) is 15.8 Å². The van der Waals surface area contributed by atoms with Crippen LogP contribution in [0.25, 0.3) is 0 Å². The summed E-state index contributed by atoms with van der Waals surface area (Å²) in [5, 5.41) is 3.34. The van der Waals surface area contributed by atoms with E-state index in [4.69, 9.17) is 4.74 Å². The van der Waals surface area contributed by atoms with E-state index in [9.17, 15) is 8.42 Å². The highest BCUT2D eigenvalue weighted by molar-refractivity contribution is 14.0. The molecular formula is C17H29IN4O3S. The molecule has 1 aliphatic rings. The topological polar surface area (TPSA) is 74.2 Å². The summed E-state index contributed by atoms with van der Waals surface area (Å²) >= 11 is 0. The summed E-state index contributed by atoms with van der Waals surface area (Å²) in [4.78, 5) is 8.55. The number of methoxy groups -OCH3 is 1. The van der Waals surface area contributed by atoms with Crippen molar-refractivity contribution in [2.75, 3.05) is 58.9 Å². The van der Waals surface area contributed by atoms with Crippen LogP contribution in [0.2, 0.25) is 0 Å². The quantitative estimate of drug-likeness (QED) is 0.361. The van der Waals surface area contributed by atoms with Crippen LogP contribution in [0.4, 0.5) is 0 Å². The van der Waals surface area contributed by atoms with Gasteiger partial charge in [0.2, 0.25) is 0 Å². The number of rotatable bonds is 6. The number of sulfone groups is 1. The molecule has 1 aromatic rings. The summed E-state index contributed by atoms with van der Waals surface area (Å²) in [5.74, 6) is 2.19. The molecule has 1 fully saturated rings. The highest BCUT2D eigenvalue weighted by atomic mass is 127. The summed E-state index contributed by atoms with van der Waals surface area (Å²) in [5.41, 5.74) is 1.17. The fourth-order valence-corrected chi connectivity index (χ4v) is 4.04. The van der Waals surface area contributed by atoms with Crippen LogP contribution in [0.1, 0.15) is 5.56 Å². The molecule has 0 amide bonds. The average Bonchev–Trinajstić information content (AvgIpc) is 2.60. The van der Waals surface area contributed by atoms with Crippen LogP contribution in [-0.4, -0.2) is 83.1 Å². The number of guanidine groups is 1. The van der Waals surface area contributed by atoms with Crippen LogP contribution in [0.15, 0.2) is 29.3 Å². The van der Waals surface area contributed by atoms with Gasteiger partial charge in [0.1, 0.15) is 5.75 Å². The molecule has 0 aromatic heterocycles. The Hall–Kier alpha value is -1.07. The van der Waals surface area contributed by atoms with Crippen molar-refractivity contribution in [3.8, 4) is 5.75 Å². The zero-order valence-corrected chi connectivity index (χ0v) is 18.8. The molecule has 0 unspecified atom stereocenters. The molecule has 2 rings (SSSR count). The van der Waals surface area contributed by atoms with Gasteiger partial charge in [-0.1, -0.05) is 12.1 Å². The second-order valence-corrected chi connectivity index (χ2v) is 8.48. The van der Waals surface area contributed by atoms with Crippen molar-refractivity contribution in [2.24, 2.45) is 4.99 Å². The second kappa shape index (κ2) is 10.9. The van der Waals surface area contributed by atoms with E-state index in [1.165, 1.54) is 5.56 Å². The molecule has 148 valence electrons. The predicted molar refractivity (Wildman–Crippen MR) is 116 cm³/mol. The lowest BCUT2D eigenvalue weighted by Gasteiger charge is -2.28. The monoisotopic (exact) mass is 496 g/mol. The summed E-state index contributed by atoms with van der Waals surface area (Å²) < 4.78 is 28.1. The molecule has 1 N–H and O–H groups in total. The lowest BCUT2D eigenvalue weighted by molar-refractivity contribution is 0.298. The number of halogens is 1. The molecule has 0 atom stereocenters. The van der Waals surface area contributed by atoms with Gasteiger partial charge in [-0.05, 0) is 17.7 Å². The van der Waals surface area contributed by atoms with Crippen molar-refractivity contribution in [1.29, 1.82) is 0 Å². The van der Waals surface area contributed by atoms with E-state index in [-0.39, 0.29) is 35.5 Å².